The van der Waals surface area contributed by atoms with Gasteiger partial charge in [-0.1, -0.05) is 24.3 Å². The molecule has 23 heavy (non-hydrogen) atoms. The second-order valence-corrected chi connectivity index (χ2v) is 4.89. The predicted molar refractivity (Wildman–Crippen MR) is 83.9 cm³/mol. The summed E-state index contributed by atoms with van der Waals surface area (Å²) < 4.78 is 28.9. The van der Waals surface area contributed by atoms with Gasteiger partial charge in [-0.2, -0.15) is 0 Å². The molecule has 122 valence electrons. The van der Waals surface area contributed by atoms with Gasteiger partial charge in [0.05, 0.1) is 13.7 Å². The summed E-state index contributed by atoms with van der Waals surface area (Å²) in [5, 5.41) is 0. The van der Waals surface area contributed by atoms with Gasteiger partial charge in [-0.05, 0) is 36.2 Å². The van der Waals surface area contributed by atoms with Crippen LogP contribution in [0.1, 0.15) is 18.4 Å². The van der Waals surface area contributed by atoms with E-state index in [4.69, 9.17) is 14.2 Å². The molecular formula is C18H19FO4. The third-order valence-corrected chi connectivity index (χ3v) is 3.15. The Kier molecular flexibility index (Phi) is 6.41. The van der Waals surface area contributed by atoms with Crippen LogP contribution in [0.5, 0.6) is 11.5 Å². The Morgan fingerprint density at radius 1 is 1.13 bits per heavy atom. The molecule has 0 amide bonds. The smallest absolute Gasteiger partial charge is 0.306 e. The first-order chi connectivity index (χ1) is 11.2. The molecule has 0 N–H and O–H groups in total. The van der Waals surface area contributed by atoms with Crippen LogP contribution in [0.4, 0.5) is 4.39 Å². The van der Waals surface area contributed by atoms with Crippen molar-refractivity contribution in [3.63, 3.8) is 0 Å². The number of hydrogen-bond donors (Lipinski definition) is 0. The third-order valence-electron chi connectivity index (χ3n) is 3.15. The fourth-order valence-corrected chi connectivity index (χ4v) is 1.96. The number of halogens is 1. The highest BCUT2D eigenvalue weighted by Crippen LogP contribution is 2.16. The Hall–Kier alpha value is -2.56. The summed E-state index contributed by atoms with van der Waals surface area (Å²) in [5.41, 5.74) is 0.861. The lowest BCUT2D eigenvalue weighted by atomic mass is 10.2. The van der Waals surface area contributed by atoms with Gasteiger partial charge in [0, 0.05) is 6.42 Å². The number of carbonyl (C=O) groups excluding carboxylic acids is 1. The van der Waals surface area contributed by atoms with Gasteiger partial charge in [-0.3, -0.25) is 4.79 Å². The van der Waals surface area contributed by atoms with E-state index in [0.29, 0.717) is 6.42 Å². The van der Waals surface area contributed by atoms with Crippen molar-refractivity contribution in [1.29, 1.82) is 0 Å². The molecule has 0 unspecified atom stereocenters. The molecule has 2 aromatic rings. The van der Waals surface area contributed by atoms with Crippen LogP contribution < -0.4 is 9.47 Å². The van der Waals surface area contributed by atoms with Crippen molar-refractivity contribution in [2.75, 3.05) is 13.7 Å². The highest BCUT2D eigenvalue weighted by Gasteiger charge is 2.06. The van der Waals surface area contributed by atoms with E-state index in [1.807, 2.05) is 24.3 Å². The van der Waals surface area contributed by atoms with Crippen LogP contribution in [0.25, 0.3) is 0 Å². The summed E-state index contributed by atoms with van der Waals surface area (Å²) >= 11 is 0. The van der Waals surface area contributed by atoms with Gasteiger partial charge < -0.3 is 14.2 Å². The van der Waals surface area contributed by atoms with Gasteiger partial charge in [0.15, 0.2) is 11.6 Å². The van der Waals surface area contributed by atoms with E-state index in [1.165, 1.54) is 6.07 Å². The zero-order chi connectivity index (χ0) is 16.5. The molecule has 0 atom stereocenters. The van der Waals surface area contributed by atoms with Gasteiger partial charge in [0.25, 0.3) is 0 Å². The lowest BCUT2D eigenvalue weighted by molar-refractivity contribution is -0.145. The standard InChI is InChI=1S/C18H19FO4/c1-21-15-7-4-6-14(12-15)13-23-18(20)10-5-11-22-17-9-3-2-8-16(17)19/h2-4,6-9,12H,5,10-11,13H2,1H3. The van der Waals surface area contributed by atoms with E-state index in [9.17, 15) is 9.18 Å². The van der Waals surface area contributed by atoms with E-state index in [1.54, 1.807) is 25.3 Å². The molecule has 0 aromatic heterocycles. The van der Waals surface area contributed by atoms with Crippen LogP contribution in [0.2, 0.25) is 0 Å². The van der Waals surface area contributed by atoms with Gasteiger partial charge in [-0.25, -0.2) is 4.39 Å². The largest absolute Gasteiger partial charge is 0.497 e. The molecule has 0 bridgehead atoms. The van der Waals surface area contributed by atoms with E-state index in [2.05, 4.69) is 0 Å². The van der Waals surface area contributed by atoms with E-state index in [-0.39, 0.29) is 31.4 Å². The summed E-state index contributed by atoms with van der Waals surface area (Å²) in [5.74, 6) is 0.187. The number of methoxy groups -OCH3 is 1. The predicted octanol–water partition coefficient (Wildman–Crippen LogP) is 3.74. The molecule has 0 heterocycles. The third kappa shape index (κ3) is 5.62. The van der Waals surface area contributed by atoms with Crippen molar-refractivity contribution in [2.24, 2.45) is 0 Å². The zero-order valence-electron chi connectivity index (χ0n) is 13.0. The van der Waals surface area contributed by atoms with Gasteiger partial charge >= 0.3 is 5.97 Å². The fourth-order valence-electron chi connectivity index (χ4n) is 1.96. The molecule has 0 aliphatic rings. The molecule has 0 aliphatic carbocycles. The Morgan fingerprint density at radius 2 is 1.96 bits per heavy atom. The van der Waals surface area contributed by atoms with Crippen molar-refractivity contribution < 1.29 is 23.4 Å². The second kappa shape index (κ2) is 8.78. The minimum Gasteiger partial charge on any atom is -0.497 e. The lowest BCUT2D eigenvalue weighted by Crippen LogP contribution is -2.07. The maximum Gasteiger partial charge on any atom is 0.306 e. The van der Waals surface area contributed by atoms with Crippen LogP contribution in [0.3, 0.4) is 0 Å². The first kappa shape index (κ1) is 16.8. The molecule has 2 aromatic carbocycles. The average molecular weight is 318 g/mol. The van der Waals surface area contributed by atoms with Gasteiger partial charge in [-0.15, -0.1) is 0 Å². The molecule has 5 heteroatoms. The molecule has 4 nitrogen and oxygen atoms in total. The van der Waals surface area contributed by atoms with E-state index in [0.717, 1.165) is 11.3 Å². The number of hydrogen-bond acceptors (Lipinski definition) is 4. The maximum absolute atomic E-state index is 13.3. The summed E-state index contributed by atoms with van der Waals surface area (Å²) in [6, 6.07) is 13.5. The van der Waals surface area contributed by atoms with Crippen LogP contribution in [-0.4, -0.2) is 19.7 Å². The molecule has 0 radical (unpaired) electrons. The van der Waals surface area contributed by atoms with Gasteiger partial charge in [0.2, 0.25) is 0 Å². The van der Waals surface area contributed by atoms with Crippen LogP contribution in [0.15, 0.2) is 48.5 Å². The molecule has 0 saturated heterocycles. The van der Waals surface area contributed by atoms with Crippen molar-refractivity contribution in [1.82, 2.24) is 0 Å². The Balaban J connectivity index is 1.66. The van der Waals surface area contributed by atoms with Crippen molar-refractivity contribution in [3.05, 3.63) is 59.9 Å². The first-order valence-electron chi connectivity index (χ1n) is 7.35. The number of carbonyl (C=O) groups is 1. The highest BCUT2D eigenvalue weighted by atomic mass is 19.1. The molecular weight excluding hydrogens is 299 g/mol. The van der Waals surface area contributed by atoms with Crippen molar-refractivity contribution in [3.8, 4) is 11.5 Å². The molecule has 0 spiro atoms. The van der Waals surface area contributed by atoms with E-state index >= 15 is 0 Å². The van der Waals surface area contributed by atoms with E-state index < -0.39 is 5.82 Å². The average Bonchev–Trinajstić information content (AvgIpc) is 2.58. The zero-order valence-corrected chi connectivity index (χ0v) is 13.0. The molecule has 0 fully saturated rings. The summed E-state index contributed by atoms with van der Waals surface area (Å²) in [4.78, 5) is 11.7. The SMILES string of the molecule is COc1cccc(COC(=O)CCCOc2ccccc2F)c1. The molecule has 0 aliphatic heterocycles. The summed E-state index contributed by atoms with van der Waals surface area (Å²) in [7, 11) is 1.58. The van der Waals surface area contributed by atoms with Crippen molar-refractivity contribution >= 4 is 5.97 Å². The number of benzene rings is 2. The number of esters is 1. The van der Waals surface area contributed by atoms with Crippen molar-refractivity contribution in [2.45, 2.75) is 19.4 Å². The van der Waals surface area contributed by atoms with Crippen LogP contribution >= 0.6 is 0 Å². The Bertz CT molecular complexity index is 642. The number of para-hydroxylation sites is 1. The van der Waals surface area contributed by atoms with Crippen LogP contribution in [-0.2, 0) is 16.1 Å². The topological polar surface area (TPSA) is 44.8 Å². The van der Waals surface area contributed by atoms with Crippen LogP contribution in [0, 0.1) is 5.82 Å². The number of ether oxygens (including phenoxy) is 3. The highest BCUT2D eigenvalue weighted by molar-refractivity contribution is 5.69. The quantitative estimate of drug-likeness (QED) is 0.549. The molecule has 2 rings (SSSR count). The first-order valence-corrected chi connectivity index (χ1v) is 7.35. The number of rotatable bonds is 8. The minimum absolute atomic E-state index is 0.192. The second-order valence-electron chi connectivity index (χ2n) is 4.89. The Morgan fingerprint density at radius 3 is 2.74 bits per heavy atom. The monoisotopic (exact) mass is 318 g/mol. The lowest BCUT2D eigenvalue weighted by Gasteiger charge is -2.08. The minimum atomic E-state index is -0.409. The normalized spacial score (nSPS) is 10.2. The van der Waals surface area contributed by atoms with Gasteiger partial charge in [0.1, 0.15) is 12.4 Å². The molecule has 0 saturated carbocycles. The summed E-state index contributed by atoms with van der Waals surface area (Å²) in [6.07, 6.45) is 0.684. The summed E-state index contributed by atoms with van der Waals surface area (Å²) in [6.45, 7) is 0.458. The maximum atomic E-state index is 13.3. The Labute approximate surface area is 134 Å². The fraction of sp³-hybridized carbons (Fsp3) is 0.278.